The number of aryl methyl sites for hydroxylation is 1. The number of thioether (sulfide) groups is 1. The predicted molar refractivity (Wildman–Crippen MR) is 159 cm³/mol. The number of fused-ring (bicyclic) bond motifs is 1. The van der Waals surface area contributed by atoms with Crippen molar-refractivity contribution < 1.29 is 33.7 Å². The Bertz CT molecular complexity index is 1600. The van der Waals surface area contributed by atoms with Gasteiger partial charge in [-0.1, -0.05) is 5.16 Å². The average molecular weight is 638 g/mol. The monoisotopic (exact) mass is 637 g/mol. The fraction of sp³-hybridized carbons (Fsp3) is 0.414. The molecule has 13 nitrogen and oxygen atoms in total. The number of hydrogen-bond donors (Lipinski definition) is 2. The highest BCUT2D eigenvalue weighted by atomic mass is 32.2. The molecule has 0 spiro atoms. The lowest BCUT2D eigenvalue weighted by Crippen LogP contribution is -2.71. The maximum absolute atomic E-state index is 13.3. The Balaban J connectivity index is 1.17. The molecule has 15 heteroatoms. The summed E-state index contributed by atoms with van der Waals surface area (Å²) in [5.41, 5.74) is 7.39. The Morgan fingerprint density at radius 3 is 2.70 bits per heavy atom. The van der Waals surface area contributed by atoms with Crippen LogP contribution >= 0.6 is 23.1 Å². The van der Waals surface area contributed by atoms with Crippen LogP contribution in [0.4, 0.5) is 5.13 Å². The van der Waals surface area contributed by atoms with Gasteiger partial charge in [-0.25, -0.2) is 9.55 Å². The minimum atomic E-state index is -1.52. The second-order valence-corrected chi connectivity index (χ2v) is 13.1. The Hall–Kier alpha value is -4.24. The van der Waals surface area contributed by atoms with E-state index in [9.17, 15) is 24.3 Å². The summed E-state index contributed by atoms with van der Waals surface area (Å²) in [6, 6.07) is 2.89. The Labute approximate surface area is 261 Å². The van der Waals surface area contributed by atoms with Gasteiger partial charge in [0.2, 0.25) is 5.91 Å². The number of thiazole rings is 1. The van der Waals surface area contributed by atoms with Gasteiger partial charge in [-0.3, -0.25) is 19.3 Å². The number of carboxylic acids is 1. The topological polar surface area (TPSA) is 174 Å². The van der Waals surface area contributed by atoms with Crippen molar-refractivity contribution in [3.8, 4) is 0 Å². The van der Waals surface area contributed by atoms with Crippen molar-refractivity contribution in [1.82, 2.24) is 20.1 Å². The van der Waals surface area contributed by atoms with E-state index >= 15 is 0 Å². The summed E-state index contributed by atoms with van der Waals surface area (Å²) in [5.74, 6) is -2.77. The summed E-state index contributed by atoms with van der Waals surface area (Å²) in [4.78, 5) is 64.6. The van der Waals surface area contributed by atoms with E-state index < -0.39 is 29.2 Å². The number of rotatable bonds is 9. The number of pyridine rings is 1. The van der Waals surface area contributed by atoms with Crippen LogP contribution in [0.1, 0.15) is 43.4 Å². The number of likely N-dealkylation sites (tertiary alicyclic amines) is 1. The number of nitrogen functional groups attached to an aromatic ring is 1. The first-order valence-corrected chi connectivity index (χ1v) is 16.2. The lowest BCUT2D eigenvalue weighted by molar-refractivity contribution is -0.671. The number of carbonyl (C=O) groups is 4. The number of aliphatic carboxylic acids is 1. The zero-order valence-corrected chi connectivity index (χ0v) is 25.6. The fourth-order valence-corrected chi connectivity index (χ4v) is 7.55. The van der Waals surface area contributed by atoms with Gasteiger partial charge in [0.15, 0.2) is 23.2 Å². The Morgan fingerprint density at radius 2 is 2.02 bits per heavy atom. The van der Waals surface area contributed by atoms with Gasteiger partial charge in [-0.2, -0.15) is 0 Å². The van der Waals surface area contributed by atoms with E-state index in [0.717, 1.165) is 47.5 Å². The van der Waals surface area contributed by atoms with Crippen molar-refractivity contribution in [1.29, 1.82) is 0 Å². The average Bonchev–Trinajstić information content (AvgIpc) is 3.76. The maximum atomic E-state index is 13.3. The summed E-state index contributed by atoms with van der Waals surface area (Å²) in [7, 11) is 1.91. The van der Waals surface area contributed by atoms with Crippen molar-refractivity contribution >= 4 is 57.6 Å². The van der Waals surface area contributed by atoms with E-state index in [-0.39, 0.29) is 40.0 Å². The van der Waals surface area contributed by atoms with Crippen molar-refractivity contribution in [2.75, 3.05) is 18.0 Å². The summed E-state index contributed by atoms with van der Waals surface area (Å²) >= 11 is 2.44. The van der Waals surface area contributed by atoms with Crippen LogP contribution in [0, 0.1) is 0 Å². The molecule has 230 valence electrons. The first-order chi connectivity index (χ1) is 21.2. The largest absolute Gasteiger partial charge is 0.543 e. The number of nitrogens with one attached hydrogen (secondary N) is 1. The first-order valence-electron chi connectivity index (χ1n) is 14.3. The van der Waals surface area contributed by atoms with E-state index in [0.29, 0.717) is 30.7 Å². The van der Waals surface area contributed by atoms with Gasteiger partial charge < -0.3 is 30.7 Å². The molecule has 0 aromatic carbocycles. The molecule has 2 aromatic heterocycles. The minimum Gasteiger partial charge on any atom is -0.543 e. The smallest absolute Gasteiger partial charge is 0.276 e. The number of carboxylic acid groups (broad SMARTS) is 1. The molecule has 1 aliphatic carbocycles. The van der Waals surface area contributed by atoms with Gasteiger partial charge >= 0.3 is 0 Å². The number of β-lactam (4-membered cyclic amide) rings is 1. The van der Waals surface area contributed by atoms with Crippen LogP contribution < -0.4 is 20.7 Å². The number of anilines is 1. The third-order valence-electron chi connectivity index (χ3n) is 8.04. The molecule has 3 fully saturated rings. The summed E-state index contributed by atoms with van der Waals surface area (Å²) in [6.45, 7) is 0.946. The molecule has 4 aliphatic rings. The van der Waals surface area contributed by atoms with Crippen molar-refractivity contribution in [3.63, 3.8) is 0 Å². The summed E-state index contributed by atoms with van der Waals surface area (Å²) < 4.78 is 1.91. The van der Waals surface area contributed by atoms with E-state index in [1.807, 2.05) is 36.1 Å². The van der Waals surface area contributed by atoms with Crippen LogP contribution in [0.2, 0.25) is 0 Å². The van der Waals surface area contributed by atoms with Gasteiger partial charge in [0, 0.05) is 41.9 Å². The highest BCUT2D eigenvalue weighted by Crippen LogP contribution is 2.41. The molecule has 1 saturated carbocycles. The van der Waals surface area contributed by atoms with Crippen LogP contribution in [0.5, 0.6) is 0 Å². The molecular weight excluding hydrogens is 606 g/mol. The van der Waals surface area contributed by atoms with Crippen LogP contribution in [0.25, 0.3) is 0 Å². The van der Waals surface area contributed by atoms with Crippen LogP contribution in [-0.2, 0) is 37.6 Å². The molecule has 6 rings (SSSR count). The molecule has 3 aliphatic heterocycles. The molecular formula is C29H31N7O6S2. The van der Waals surface area contributed by atoms with E-state index in [4.69, 9.17) is 10.6 Å². The molecule has 3 N–H and O–H groups in total. The van der Waals surface area contributed by atoms with E-state index in [1.54, 1.807) is 16.4 Å². The highest BCUT2D eigenvalue weighted by Gasteiger charge is 2.53. The number of oxime groups is 1. The molecule has 0 radical (unpaired) electrons. The fourth-order valence-electron chi connectivity index (χ4n) is 5.69. The van der Waals surface area contributed by atoms with Crippen LogP contribution in [0.3, 0.4) is 0 Å². The molecule has 0 bridgehead atoms. The minimum absolute atomic E-state index is 0.104. The number of amides is 3. The van der Waals surface area contributed by atoms with Gasteiger partial charge in [0.1, 0.15) is 30.3 Å². The quantitative estimate of drug-likeness (QED) is 0.126. The summed E-state index contributed by atoms with van der Waals surface area (Å²) in [5, 5.41) is 20.2. The molecule has 0 unspecified atom stereocenters. The van der Waals surface area contributed by atoms with E-state index in [2.05, 4.69) is 15.5 Å². The highest BCUT2D eigenvalue weighted by molar-refractivity contribution is 8.00. The normalized spacial score (nSPS) is 23.3. The number of hydrogen-bond acceptors (Lipinski definition) is 11. The number of carbonyl (C=O) groups excluding carboxylic acids is 4. The Kier molecular flexibility index (Phi) is 8.40. The van der Waals surface area contributed by atoms with Crippen LogP contribution in [-0.4, -0.2) is 74.0 Å². The van der Waals surface area contributed by atoms with Crippen molar-refractivity contribution in [2.45, 2.75) is 56.2 Å². The summed E-state index contributed by atoms with van der Waals surface area (Å²) in [6.07, 6.45) is 9.43. The van der Waals surface area contributed by atoms with Gasteiger partial charge in [0.25, 0.3) is 11.8 Å². The number of allylic oxidation sites excluding steroid dienone is 1. The Morgan fingerprint density at radius 1 is 1.27 bits per heavy atom. The molecule has 44 heavy (non-hydrogen) atoms. The molecule has 2 saturated heterocycles. The lowest BCUT2D eigenvalue weighted by atomic mass is 10.0. The maximum Gasteiger partial charge on any atom is 0.276 e. The zero-order valence-electron chi connectivity index (χ0n) is 23.9. The molecule has 3 amide bonds. The third kappa shape index (κ3) is 5.93. The molecule has 2 atom stereocenters. The first kappa shape index (κ1) is 29.8. The predicted octanol–water partition coefficient (Wildman–Crippen LogP) is -0.0241. The lowest BCUT2D eigenvalue weighted by Gasteiger charge is -2.50. The second kappa shape index (κ2) is 12.4. The van der Waals surface area contributed by atoms with Gasteiger partial charge in [0.05, 0.1) is 11.7 Å². The molecule has 5 heterocycles. The third-order valence-corrected chi connectivity index (χ3v) is 10.0. The van der Waals surface area contributed by atoms with Gasteiger partial charge in [-0.05, 0) is 49.3 Å². The van der Waals surface area contributed by atoms with Crippen LogP contribution in [0.15, 0.2) is 58.0 Å². The molecule has 2 aromatic rings. The van der Waals surface area contributed by atoms with Crippen molar-refractivity contribution in [2.24, 2.45) is 12.2 Å². The van der Waals surface area contributed by atoms with E-state index in [1.165, 1.54) is 11.8 Å². The number of aromatic nitrogens is 2. The number of nitrogens with two attached hydrogens (primary N) is 1. The van der Waals surface area contributed by atoms with Gasteiger partial charge in [-0.15, -0.1) is 23.1 Å². The standard InChI is InChI=1S/C29H31N7O6S2/c1-34-9-6-16(7-10-34)13-35-11-8-17(25(35)38)12-18-14-43-27-22(26(39)36(27)23(18)28(40)41)32-24(37)21(20-15-44-29(30)31-20)33-42-19-4-2-3-5-19/h6-7,9-10,12,15,19,22,27H,2-5,8,11,13-14H2,1H3,(H3-,30,31,32,37,40,41)/t22-,27-/m1/s1. The number of nitrogens with zero attached hydrogens (tertiary/aromatic N) is 5. The zero-order chi connectivity index (χ0) is 31.0. The van der Waals surface area contributed by atoms with Crippen molar-refractivity contribution in [3.05, 3.63) is 64.1 Å². The second-order valence-electron chi connectivity index (χ2n) is 11.1. The SMILES string of the molecule is C[n+]1ccc(CN2CCC(=CC3=C(C(=O)[O-])N4C(=O)[C@@H](NC(=O)C(=NOC5CCCC5)c5csc(N)n5)[C@H]4SC3)C2=O)cc1.